The molecule has 1 aromatic rings. The lowest BCUT2D eigenvalue weighted by atomic mass is 10.1. The van der Waals surface area contributed by atoms with Crippen LogP contribution in [0.2, 0.25) is 12.1 Å². The van der Waals surface area contributed by atoms with Gasteiger partial charge in [-0.15, -0.1) is 0 Å². The zero-order valence-electron chi connectivity index (χ0n) is 9.85. The Morgan fingerprint density at radius 1 is 0.778 bits per heavy atom. The van der Waals surface area contributed by atoms with Crippen LogP contribution in [0.4, 0.5) is 0 Å². The Morgan fingerprint density at radius 3 is 1.56 bits per heavy atom. The van der Waals surface area contributed by atoms with E-state index in [1.807, 2.05) is 24.3 Å². The zero-order valence-corrected chi connectivity index (χ0v) is 11.8. The highest BCUT2D eigenvalue weighted by atomic mass is 28.2. The summed E-state index contributed by atoms with van der Waals surface area (Å²) in [6.45, 7) is 1.74. The second kappa shape index (κ2) is 5.49. The monoisotopic (exact) mass is 272 g/mol. The van der Waals surface area contributed by atoms with E-state index in [1.54, 1.807) is 0 Å². The molecule has 1 aromatic carbocycles. The van der Waals surface area contributed by atoms with Crippen molar-refractivity contribution in [3.63, 3.8) is 0 Å². The van der Waals surface area contributed by atoms with E-state index in [-0.39, 0.29) is 0 Å². The summed E-state index contributed by atoms with van der Waals surface area (Å²) in [4.78, 5) is 8.77. The van der Waals surface area contributed by atoms with Crippen LogP contribution >= 0.6 is 0 Å². The fourth-order valence-corrected chi connectivity index (χ4v) is 3.01. The summed E-state index contributed by atoms with van der Waals surface area (Å²) < 4.78 is 11.1. The molecular weight excluding hydrogens is 260 g/mol. The SMILES string of the molecule is c1cc(C2=NCC[Si]O2)ccc1C1=NCC[Si]O1. The van der Waals surface area contributed by atoms with Crippen LogP contribution in [-0.4, -0.2) is 44.4 Å². The van der Waals surface area contributed by atoms with Crippen molar-refractivity contribution in [3.05, 3.63) is 35.4 Å². The molecular formula is C12H12N2O2Si2. The molecule has 0 spiro atoms. The van der Waals surface area contributed by atoms with Crippen molar-refractivity contribution >= 4 is 31.3 Å². The van der Waals surface area contributed by atoms with E-state index in [9.17, 15) is 0 Å². The Kier molecular flexibility index (Phi) is 3.56. The van der Waals surface area contributed by atoms with Crippen LogP contribution < -0.4 is 0 Å². The summed E-state index contributed by atoms with van der Waals surface area (Å²) in [5.41, 5.74) is 2.06. The summed E-state index contributed by atoms with van der Waals surface area (Å²) in [7, 11) is 1.06. The van der Waals surface area contributed by atoms with Gasteiger partial charge in [-0.1, -0.05) is 0 Å². The van der Waals surface area contributed by atoms with Gasteiger partial charge in [-0.3, -0.25) is 9.98 Å². The summed E-state index contributed by atoms with van der Waals surface area (Å²) in [5, 5.41) is 0. The van der Waals surface area contributed by atoms with Crippen molar-refractivity contribution in [2.24, 2.45) is 9.98 Å². The number of nitrogens with zero attached hydrogens (tertiary/aromatic N) is 2. The third-order valence-electron chi connectivity index (χ3n) is 2.66. The maximum Gasteiger partial charge on any atom is 0.314 e. The highest BCUT2D eigenvalue weighted by Crippen LogP contribution is 2.12. The molecule has 4 nitrogen and oxygen atoms in total. The Labute approximate surface area is 111 Å². The molecule has 2 aliphatic rings. The van der Waals surface area contributed by atoms with Gasteiger partial charge in [-0.25, -0.2) is 0 Å². The highest BCUT2D eigenvalue weighted by molar-refractivity contribution is 6.33. The van der Waals surface area contributed by atoms with Crippen molar-refractivity contribution in [2.45, 2.75) is 12.1 Å². The number of hydrogen-bond acceptors (Lipinski definition) is 4. The fraction of sp³-hybridized carbons (Fsp3) is 0.333. The number of hydrogen-bond donors (Lipinski definition) is 0. The number of benzene rings is 1. The molecule has 0 aromatic heterocycles. The summed E-state index contributed by atoms with van der Waals surface area (Å²) >= 11 is 0. The van der Waals surface area contributed by atoms with Gasteiger partial charge in [0.05, 0.1) is 0 Å². The van der Waals surface area contributed by atoms with Crippen molar-refractivity contribution in [2.75, 3.05) is 13.1 Å². The van der Waals surface area contributed by atoms with Crippen LogP contribution in [0.5, 0.6) is 0 Å². The number of rotatable bonds is 2. The molecule has 2 aliphatic heterocycles. The minimum absolute atomic E-state index is 0.531. The average molecular weight is 272 g/mol. The van der Waals surface area contributed by atoms with E-state index >= 15 is 0 Å². The normalized spacial score (nSPS) is 19.3. The van der Waals surface area contributed by atoms with Crippen LogP contribution in [0.15, 0.2) is 34.3 Å². The fourth-order valence-electron chi connectivity index (χ4n) is 1.77. The minimum Gasteiger partial charge on any atom is -0.528 e. The van der Waals surface area contributed by atoms with E-state index in [4.69, 9.17) is 8.85 Å². The first-order valence-electron chi connectivity index (χ1n) is 5.92. The molecule has 0 saturated heterocycles. The molecule has 2 heterocycles. The molecule has 4 radical (unpaired) electrons. The third kappa shape index (κ3) is 2.54. The zero-order chi connectivity index (χ0) is 12.2. The molecule has 0 atom stereocenters. The molecule has 0 saturated carbocycles. The molecule has 0 amide bonds. The predicted octanol–water partition coefficient (Wildman–Crippen LogP) is 1.32. The molecule has 0 bridgehead atoms. The highest BCUT2D eigenvalue weighted by Gasteiger charge is 2.13. The van der Waals surface area contributed by atoms with Crippen molar-refractivity contribution in [1.29, 1.82) is 0 Å². The smallest absolute Gasteiger partial charge is 0.314 e. The summed E-state index contributed by atoms with van der Waals surface area (Å²) in [6, 6.07) is 10.2. The first-order chi connectivity index (χ1) is 8.93. The second-order valence-corrected chi connectivity index (χ2v) is 5.93. The van der Waals surface area contributed by atoms with Crippen LogP contribution in [0.3, 0.4) is 0 Å². The Balaban J connectivity index is 1.80. The quantitative estimate of drug-likeness (QED) is 0.762. The van der Waals surface area contributed by atoms with E-state index in [0.29, 0.717) is 19.5 Å². The van der Waals surface area contributed by atoms with E-state index < -0.39 is 0 Å². The lowest BCUT2D eigenvalue weighted by Gasteiger charge is -2.15. The van der Waals surface area contributed by atoms with Gasteiger partial charge in [-0.05, 0) is 36.4 Å². The molecule has 0 N–H and O–H groups in total. The Hall–Kier alpha value is -1.41. The van der Waals surface area contributed by atoms with Crippen molar-refractivity contribution in [1.82, 2.24) is 0 Å². The van der Waals surface area contributed by atoms with Crippen LogP contribution in [-0.2, 0) is 8.85 Å². The van der Waals surface area contributed by atoms with Crippen molar-refractivity contribution < 1.29 is 8.85 Å². The van der Waals surface area contributed by atoms with Gasteiger partial charge in [0, 0.05) is 24.2 Å². The Bertz CT molecular complexity index is 440. The first kappa shape index (κ1) is 11.7. The summed E-state index contributed by atoms with van der Waals surface area (Å²) in [5.74, 6) is 1.53. The third-order valence-corrected chi connectivity index (χ3v) is 4.19. The van der Waals surface area contributed by atoms with Gasteiger partial charge >= 0.3 is 19.5 Å². The van der Waals surface area contributed by atoms with Gasteiger partial charge in [0.15, 0.2) is 0 Å². The van der Waals surface area contributed by atoms with Crippen LogP contribution in [0.1, 0.15) is 11.1 Å². The number of aliphatic imine (C=N–C) groups is 2. The predicted molar refractivity (Wildman–Crippen MR) is 72.5 cm³/mol. The van der Waals surface area contributed by atoms with E-state index in [1.165, 1.54) is 0 Å². The first-order valence-corrected chi connectivity index (χ1v) is 8.16. The molecule has 90 valence electrons. The maximum atomic E-state index is 5.57. The standard InChI is InChI=1S/C12H12N2O2Si2/c1-2-10(12-14-6-8-18-16-12)4-3-9(1)11-13-5-7-17-15-11/h1-4H,5-8H2. The molecule has 0 aliphatic carbocycles. The van der Waals surface area contributed by atoms with E-state index in [0.717, 1.165) is 48.1 Å². The Morgan fingerprint density at radius 2 is 1.22 bits per heavy atom. The lowest BCUT2D eigenvalue weighted by Crippen LogP contribution is -2.18. The summed E-state index contributed by atoms with van der Waals surface area (Å²) in [6.07, 6.45) is 0. The van der Waals surface area contributed by atoms with Gasteiger partial charge in [0.1, 0.15) is 0 Å². The average Bonchev–Trinajstić information content (AvgIpc) is 2.49. The lowest BCUT2D eigenvalue weighted by molar-refractivity contribution is 0.568. The van der Waals surface area contributed by atoms with Crippen LogP contribution in [0.25, 0.3) is 0 Å². The van der Waals surface area contributed by atoms with Gasteiger partial charge in [0.25, 0.3) is 0 Å². The molecule has 3 rings (SSSR count). The largest absolute Gasteiger partial charge is 0.528 e. The molecule has 18 heavy (non-hydrogen) atoms. The second-order valence-electron chi connectivity index (χ2n) is 3.94. The van der Waals surface area contributed by atoms with E-state index in [2.05, 4.69) is 9.98 Å². The molecule has 0 unspecified atom stereocenters. The molecule has 0 fully saturated rings. The molecule has 6 heteroatoms. The van der Waals surface area contributed by atoms with Gasteiger partial charge in [0.2, 0.25) is 11.8 Å². The topological polar surface area (TPSA) is 43.2 Å². The van der Waals surface area contributed by atoms with Crippen molar-refractivity contribution in [3.8, 4) is 0 Å². The van der Waals surface area contributed by atoms with Gasteiger partial charge < -0.3 is 8.85 Å². The minimum atomic E-state index is 0.531. The van der Waals surface area contributed by atoms with Crippen LogP contribution in [0, 0.1) is 0 Å². The maximum absolute atomic E-state index is 5.57. The van der Waals surface area contributed by atoms with Gasteiger partial charge in [-0.2, -0.15) is 0 Å².